The summed E-state index contributed by atoms with van der Waals surface area (Å²) in [6.07, 6.45) is 1.66. The lowest BCUT2D eigenvalue weighted by Crippen LogP contribution is -2.52. The van der Waals surface area contributed by atoms with Crippen molar-refractivity contribution in [2.24, 2.45) is 5.73 Å². The highest BCUT2D eigenvalue weighted by atomic mass is 15.3. The van der Waals surface area contributed by atoms with E-state index in [1.54, 1.807) is 12.3 Å². The minimum atomic E-state index is -0.0149. The number of nitrogens with one attached hydrogen (secondary N) is 1. The molecule has 0 bridgehead atoms. The summed E-state index contributed by atoms with van der Waals surface area (Å²) in [6, 6.07) is 2.16. The third-order valence-electron chi connectivity index (χ3n) is 3.37. The molecule has 6 nitrogen and oxygen atoms in total. The minimum absolute atomic E-state index is 0.0149. The molecule has 3 N–H and O–H groups in total. The summed E-state index contributed by atoms with van der Waals surface area (Å²) in [7, 11) is 0. The van der Waals surface area contributed by atoms with Crippen LogP contribution in [0.15, 0.2) is 12.3 Å². The first kappa shape index (κ1) is 12.8. The Morgan fingerprint density at radius 3 is 2.94 bits per heavy atom. The first-order chi connectivity index (χ1) is 8.61. The quantitative estimate of drug-likeness (QED) is 0.593. The van der Waals surface area contributed by atoms with Gasteiger partial charge in [-0.2, -0.15) is 0 Å². The van der Waals surface area contributed by atoms with Crippen LogP contribution in [0.25, 0.3) is 0 Å². The number of nitrogens with two attached hydrogens (primary N) is 1. The van der Waals surface area contributed by atoms with Crippen molar-refractivity contribution in [3.8, 4) is 0 Å². The molecule has 1 aliphatic rings. The van der Waals surface area contributed by atoms with Crippen LogP contribution in [0.2, 0.25) is 0 Å². The molecule has 1 aromatic heterocycles. The standard InChI is InChI=1S/C12H20N6/c1-3-17-6-7-18(8-9(17)2)12-15-5-4-10(16-12)11(13)14/h4-5,9H,3,6-8H2,1-2H3,(H3,13,14). The van der Waals surface area contributed by atoms with Crippen LogP contribution in [0.1, 0.15) is 19.5 Å². The summed E-state index contributed by atoms with van der Waals surface area (Å²) in [4.78, 5) is 13.2. The largest absolute Gasteiger partial charge is 0.382 e. The monoisotopic (exact) mass is 248 g/mol. The molecule has 1 unspecified atom stereocenters. The third kappa shape index (κ3) is 2.59. The molecule has 2 rings (SSSR count). The van der Waals surface area contributed by atoms with Gasteiger partial charge in [0.1, 0.15) is 11.5 Å². The first-order valence-corrected chi connectivity index (χ1v) is 6.28. The Morgan fingerprint density at radius 2 is 2.33 bits per heavy atom. The Hall–Kier alpha value is -1.69. The van der Waals surface area contributed by atoms with Crippen molar-refractivity contribution in [1.82, 2.24) is 14.9 Å². The maximum Gasteiger partial charge on any atom is 0.226 e. The van der Waals surface area contributed by atoms with E-state index in [1.165, 1.54) is 0 Å². The number of nitrogen functional groups attached to an aromatic ring is 1. The molecule has 2 heterocycles. The molecule has 1 saturated heterocycles. The number of anilines is 1. The summed E-state index contributed by atoms with van der Waals surface area (Å²) >= 11 is 0. The second-order valence-electron chi connectivity index (χ2n) is 4.58. The smallest absolute Gasteiger partial charge is 0.226 e. The number of likely N-dealkylation sites (N-methyl/N-ethyl adjacent to an activating group) is 1. The van der Waals surface area contributed by atoms with Crippen LogP contribution in [0.4, 0.5) is 5.95 Å². The van der Waals surface area contributed by atoms with Crippen LogP contribution in [0, 0.1) is 5.41 Å². The van der Waals surface area contributed by atoms with Gasteiger partial charge < -0.3 is 10.6 Å². The number of rotatable bonds is 3. The SMILES string of the molecule is CCN1CCN(c2nccc(C(=N)N)n2)CC1C. The fraction of sp³-hybridized carbons (Fsp3) is 0.583. The van der Waals surface area contributed by atoms with Gasteiger partial charge in [-0.1, -0.05) is 6.92 Å². The zero-order chi connectivity index (χ0) is 13.1. The van der Waals surface area contributed by atoms with E-state index in [0.717, 1.165) is 26.2 Å². The Balaban J connectivity index is 2.13. The van der Waals surface area contributed by atoms with E-state index < -0.39 is 0 Å². The van der Waals surface area contributed by atoms with Crippen LogP contribution in [0.5, 0.6) is 0 Å². The average Bonchev–Trinajstić information content (AvgIpc) is 2.38. The molecule has 1 atom stereocenters. The lowest BCUT2D eigenvalue weighted by molar-refractivity contribution is 0.198. The number of nitrogens with zero attached hydrogens (tertiary/aromatic N) is 4. The minimum Gasteiger partial charge on any atom is -0.382 e. The van der Waals surface area contributed by atoms with Crippen LogP contribution in [-0.2, 0) is 0 Å². The molecular formula is C12H20N6. The molecule has 1 fully saturated rings. The Morgan fingerprint density at radius 1 is 1.56 bits per heavy atom. The molecule has 0 amide bonds. The molecule has 6 heteroatoms. The van der Waals surface area contributed by atoms with Crippen molar-refractivity contribution in [2.45, 2.75) is 19.9 Å². The predicted molar refractivity (Wildman–Crippen MR) is 72.0 cm³/mol. The zero-order valence-corrected chi connectivity index (χ0v) is 10.9. The molecule has 0 saturated carbocycles. The number of aromatic nitrogens is 2. The summed E-state index contributed by atoms with van der Waals surface area (Å²) in [5.41, 5.74) is 5.94. The highest BCUT2D eigenvalue weighted by Gasteiger charge is 2.24. The zero-order valence-electron chi connectivity index (χ0n) is 10.9. The van der Waals surface area contributed by atoms with Crippen LogP contribution in [-0.4, -0.2) is 52.9 Å². The molecule has 98 valence electrons. The van der Waals surface area contributed by atoms with Gasteiger partial charge in [-0.3, -0.25) is 10.3 Å². The number of hydrogen-bond donors (Lipinski definition) is 2. The second kappa shape index (κ2) is 5.30. The van der Waals surface area contributed by atoms with Gasteiger partial charge in [-0.25, -0.2) is 9.97 Å². The molecule has 1 aliphatic heterocycles. The Labute approximate surface area is 107 Å². The highest BCUT2D eigenvalue weighted by molar-refractivity contribution is 5.93. The lowest BCUT2D eigenvalue weighted by Gasteiger charge is -2.39. The van der Waals surface area contributed by atoms with Gasteiger partial charge in [0.05, 0.1) is 0 Å². The highest BCUT2D eigenvalue weighted by Crippen LogP contribution is 2.14. The van der Waals surface area contributed by atoms with Gasteiger partial charge in [0, 0.05) is 31.9 Å². The predicted octanol–water partition coefficient (Wildman–Crippen LogP) is 0.291. The van der Waals surface area contributed by atoms with Gasteiger partial charge in [0.2, 0.25) is 5.95 Å². The molecule has 0 aliphatic carbocycles. The molecule has 0 spiro atoms. The molecule has 18 heavy (non-hydrogen) atoms. The Bertz CT molecular complexity index is 432. The molecular weight excluding hydrogens is 228 g/mol. The van der Waals surface area contributed by atoms with Crippen molar-refractivity contribution in [3.05, 3.63) is 18.0 Å². The van der Waals surface area contributed by atoms with Crippen molar-refractivity contribution < 1.29 is 0 Å². The normalized spacial score (nSPS) is 21.0. The fourth-order valence-electron chi connectivity index (χ4n) is 2.30. The van der Waals surface area contributed by atoms with Crippen LogP contribution >= 0.6 is 0 Å². The second-order valence-corrected chi connectivity index (χ2v) is 4.58. The third-order valence-corrected chi connectivity index (χ3v) is 3.37. The van der Waals surface area contributed by atoms with E-state index in [-0.39, 0.29) is 5.84 Å². The van der Waals surface area contributed by atoms with Crippen molar-refractivity contribution in [1.29, 1.82) is 5.41 Å². The molecule has 1 aromatic rings. The van der Waals surface area contributed by atoms with Crippen molar-refractivity contribution in [2.75, 3.05) is 31.1 Å². The Kier molecular flexibility index (Phi) is 3.76. The van der Waals surface area contributed by atoms with E-state index in [1.807, 2.05) is 0 Å². The van der Waals surface area contributed by atoms with E-state index >= 15 is 0 Å². The van der Waals surface area contributed by atoms with Crippen molar-refractivity contribution in [3.63, 3.8) is 0 Å². The van der Waals surface area contributed by atoms with Gasteiger partial charge in [-0.15, -0.1) is 0 Å². The van der Waals surface area contributed by atoms with E-state index in [0.29, 0.717) is 17.7 Å². The van der Waals surface area contributed by atoms with Crippen LogP contribution in [0.3, 0.4) is 0 Å². The summed E-state index contributed by atoms with van der Waals surface area (Å²) < 4.78 is 0. The molecule has 0 aromatic carbocycles. The van der Waals surface area contributed by atoms with Gasteiger partial charge in [0.25, 0.3) is 0 Å². The summed E-state index contributed by atoms with van der Waals surface area (Å²) in [5, 5.41) is 7.41. The molecule has 0 radical (unpaired) electrons. The topological polar surface area (TPSA) is 82.1 Å². The van der Waals surface area contributed by atoms with E-state index in [2.05, 4.69) is 33.6 Å². The van der Waals surface area contributed by atoms with Crippen molar-refractivity contribution >= 4 is 11.8 Å². The van der Waals surface area contributed by atoms with Gasteiger partial charge in [0.15, 0.2) is 0 Å². The average molecular weight is 248 g/mol. The lowest BCUT2D eigenvalue weighted by atomic mass is 10.2. The van der Waals surface area contributed by atoms with Gasteiger partial charge >= 0.3 is 0 Å². The first-order valence-electron chi connectivity index (χ1n) is 6.28. The maximum absolute atomic E-state index is 7.41. The number of hydrogen-bond acceptors (Lipinski definition) is 5. The summed E-state index contributed by atoms with van der Waals surface area (Å²) in [5.74, 6) is 0.657. The van der Waals surface area contributed by atoms with E-state index in [9.17, 15) is 0 Å². The summed E-state index contributed by atoms with van der Waals surface area (Å²) in [6.45, 7) is 8.31. The number of amidine groups is 1. The number of piperazine rings is 1. The van der Waals surface area contributed by atoms with Gasteiger partial charge in [-0.05, 0) is 19.5 Å². The maximum atomic E-state index is 7.41. The van der Waals surface area contributed by atoms with Crippen LogP contribution < -0.4 is 10.6 Å². The van der Waals surface area contributed by atoms with E-state index in [4.69, 9.17) is 11.1 Å². The fourth-order valence-corrected chi connectivity index (χ4v) is 2.30.